The van der Waals surface area contributed by atoms with Crippen LogP contribution in [0.2, 0.25) is 0 Å². The Hall–Kier alpha value is -0.820. The highest BCUT2D eigenvalue weighted by molar-refractivity contribution is 5.17. The summed E-state index contributed by atoms with van der Waals surface area (Å²) >= 11 is 0. The van der Waals surface area contributed by atoms with Gasteiger partial charge in [-0.05, 0) is 24.8 Å². The van der Waals surface area contributed by atoms with Gasteiger partial charge >= 0.3 is 0 Å². The van der Waals surface area contributed by atoms with Crippen molar-refractivity contribution in [2.24, 2.45) is 5.73 Å². The van der Waals surface area contributed by atoms with E-state index in [1.165, 1.54) is 5.56 Å². The first-order valence-corrected chi connectivity index (χ1v) is 5.03. The van der Waals surface area contributed by atoms with E-state index in [0.29, 0.717) is 0 Å². The normalized spacial score (nSPS) is 11.6. The Labute approximate surface area is 81.0 Å². The molecular weight excluding hydrogens is 158 g/mol. The number of rotatable bonds is 4. The molecule has 0 aliphatic rings. The molecular formula is C12H19N. The molecule has 0 spiro atoms. The fourth-order valence-electron chi connectivity index (χ4n) is 1.50. The topological polar surface area (TPSA) is 26.0 Å². The van der Waals surface area contributed by atoms with Crippen molar-refractivity contribution in [1.82, 2.24) is 0 Å². The van der Waals surface area contributed by atoms with E-state index in [4.69, 9.17) is 5.73 Å². The van der Waals surface area contributed by atoms with Crippen LogP contribution in [-0.4, -0.2) is 5.54 Å². The second-order valence-electron chi connectivity index (χ2n) is 3.73. The molecule has 1 heteroatoms. The van der Waals surface area contributed by atoms with Gasteiger partial charge in [-0.15, -0.1) is 0 Å². The quantitative estimate of drug-likeness (QED) is 0.752. The summed E-state index contributed by atoms with van der Waals surface area (Å²) in [6, 6.07) is 10.5. The van der Waals surface area contributed by atoms with E-state index in [1.54, 1.807) is 0 Å². The predicted molar refractivity (Wildman–Crippen MR) is 57.6 cm³/mol. The highest BCUT2D eigenvalue weighted by atomic mass is 14.7. The zero-order valence-corrected chi connectivity index (χ0v) is 8.59. The molecule has 0 aromatic heterocycles. The zero-order chi connectivity index (χ0) is 9.73. The summed E-state index contributed by atoms with van der Waals surface area (Å²) in [6.45, 7) is 4.32. The molecule has 0 saturated heterocycles. The van der Waals surface area contributed by atoms with E-state index in [9.17, 15) is 0 Å². The van der Waals surface area contributed by atoms with Crippen molar-refractivity contribution in [3.05, 3.63) is 35.9 Å². The average Bonchev–Trinajstić information content (AvgIpc) is 2.19. The van der Waals surface area contributed by atoms with Gasteiger partial charge in [-0.25, -0.2) is 0 Å². The Kier molecular flexibility index (Phi) is 3.49. The third kappa shape index (κ3) is 2.85. The second-order valence-corrected chi connectivity index (χ2v) is 3.73. The van der Waals surface area contributed by atoms with Crippen molar-refractivity contribution in [2.45, 2.75) is 38.6 Å². The Morgan fingerprint density at radius 2 is 1.62 bits per heavy atom. The van der Waals surface area contributed by atoms with Crippen molar-refractivity contribution in [3.8, 4) is 0 Å². The van der Waals surface area contributed by atoms with Gasteiger partial charge in [0, 0.05) is 5.54 Å². The zero-order valence-electron chi connectivity index (χ0n) is 8.59. The van der Waals surface area contributed by atoms with Crippen LogP contribution in [0.15, 0.2) is 30.3 Å². The van der Waals surface area contributed by atoms with Crippen LogP contribution < -0.4 is 5.73 Å². The molecule has 0 radical (unpaired) electrons. The molecule has 1 aromatic rings. The van der Waals surface area contributed by atoms with Crippen LogP contribution >= 0.6 is 0 Å². The van der Waals surface area contributed by atoms with E-state index < -0.39 is 0 Å². The van der Waals surface area contributed by atoms with Gasteiger partial charge in [0.25, 0.3) is 0 Å². The van der Waals surface area contributed by atoms with Gasteiger partial charge in [0.05, 0.1) is 0 Å². The summed E-state index contributed by atoms with van der Waals surface area (Å²) in [6.07, 6.45) is 3.07. The average molecular weight is 177 g/mol. The molecule has 0 fully saturated rings. The van der Waals surface area contributed by atoms with E-state index >= 15 is 0 Å². The minimum absolute atomic E-state index is 0.0125. The number of benzene rings is 1. The van der Waals surface area contributed by atoms with Crippen molar-refractivity contribution in [3.63, 3.8) is 0 Å². The molecule has 1 rings (SSSR count). The molecule has 1 aromatic carbocycles. The van der Waals surface area contributed by atoms with Crippen LogP contribution in [0.25, 0.3) is 0 Å². The van der Waals surface area contributed by atoms with Gasteiger partial charge in [-0.3, -0.25) is 0 Å². The first-order chi connectivity index (χ1) is 6.20. The monoisotopic (exact) mass is 177 g/mol. The SMILES string of the molecule is CCC(N)(CC)Cc1ccccc1. The summed E-state index contributed by atoms with van der Waals surface area (Å²) in [5.74, 6) is 0. The smallest absolute Gasteiger partial charge is 0.0189 e. The van der Waals surface area contributed by atoms with Gasteiger partial charge < -0.3 is 5.73 Å². The molecule has 0 saturated carbocycles. The molecule has 13 heavy (non-hydrogen) atoms. The third-order valence-electron chi connectivity index (χ3n) is 2.81. The van der Waals surface area contributed by atoms with Gasteiger partial charge in [0.2, 0.25) is 0 Å². The Bertz CT molecular complexity index is 237. The lowest BCUT2D eigenvalue weighted by molar-refractivity contribution is 0.393. The van der Waals surface area contributed by atoms with Crippen molar-refractivity contribution in [2.75, 3.05) is 0 Å². The maximum atomic E-state index is 6.23. The fourth-order valence-corrected chi connectivity index (χ4v) is 1.50. The first-order valence-electron chi connectivity index (χ1n) is 5.03. The molecule has 72 valence electrons. The highest BCUT2D eigenvalue weighted by Crippen LogP contribution is 2.17. The molecule has 0 unspecified atom stereocenters. The highest BCUT2D eigenvalue weighted by Gasteiger charge is 2.19. The van der Waals surface area contributed by atoms with Crippen LogP contribution in [0.4, 0.5) is 0 Å². The molecule has 1 nitrogen and oxygen atoms in total. The van der Waals surface area contributed by atoms with Gasteiger partial charge in [0.1, 0.15) is 0 Å². The van der Waals surface area contributed by atoms with Crippen molar-refractivity contribution in [1.29, 1.82) is 0 Å². The maximum absolute atomic E-state index is 6.23. The molecule has 0 aliphatic carbocycles. The Morgan fingerprint density at radius 3 is 2.08 bits per heavy atom. The van der Waals surface area contributed by atoms with Crippen LogP contribution in [0.5, 0.6) is 0 Å². The first kappa shape index (κ1) is 10.3. The molecule has 0 atom stereocenters. The van der Waals surface area contributed by atoms with E-state index in [1.807, 2.05) is 6.07 Å². The van der Waals surface area contributed by atoms with Gasteiger partial charge in [-0.1, -0.05) is 44.2 Å². The molecule has 2 N–H and O–H groups in total. The van der Waals surface area contributed by atoms with Crippen LogP contribution in [0.3, 0.4) is 0 Å². The van der Waals surface area contributed by atoms with Crippen LogP contribution in [0, 0.1) is 0 Å². The second kappa shape index (κ2) is 4.43. The largest absolute Gasteiger partial charge is 0.325 e. The molecule has 0 aliphatic heterocycles. The molecule has 0 heterocycles. The summed E-state index contributed by atoms with van der Waals surface area (Å²) in [4.78, 5) is 0. The van der Waals surface area contributed by atoms with Crippen molar-refractivity contribution < 1.29 is 0 Å². The van der Waals surface area contributed by atoms with Crippen LogP contribution in [0.1, 0.15) is 32.3 Å². The van der Waals surface area contributed by atoms with Gasteiger partial charge in [-0.2, -0.15) is 0 Å². The predicted octanol–water partition coefficient (Wildman–Crippen LogP) is 2.75. The molecule has 0 amide bonds. The van der Waals surface area contributed by atoms with E-state index in [2.05, 4.69) is 38.1 Å². The fraction of sp³-hybridized carbons (Fsp3) is 0.500. The van der Waals surface area contributed by atoms with Crippen molar-refractivity contribution >= 4 is 0 Å². The Morgan fingerprint density at radius 1 is 1.08 bits per heavy atom. The lowest BCUT2D eigenvalue weighted by atomic mass is 9.87. The summed E-state index contributed by atoms with van der Waals surface area (Å²) in [7, 11) is 0. The summed E-state index contributed by atoms with van der Waals surface area (Å²) in [5.41, 5.74) is 7.56. The summed E-state index contributed by atoms with van der Waals surface area (Å²) in [5, 5.41) is 0. The lowest BCUT2D eigenvalue weighted by Gasteiger charge is -2.26. The maximum Gasteiger partial charge on any atom is 0.0189 e. The van der Waals surface area contributed by atoms with E-state index in [-0.39, 0.29) is 5.54 Å². The third-order valence-corrected chi connectivity index (χ3v) is 2.81. The van der Waals surface area contributed by atoms with Crippen LogP contribution in [-0.2, 0) is 6.42 Å². The molecule has 0 bridgehead atoms. The number of hydrogen-bond donors (Lipinski definition) is 1. The lowest BCUT2D eigenvalue weighted by Crippen LogP contribution is -2.40. The minimum Gasteiger partial charge on any atom is -0.325 e. The number of hydrogen-bond acceptors (Lipinski definition) is 1. The minimum atomic E-state index is -0.0125. The standard InChI is InChI=1S/C12H19N/c1-3-12(13,4-2)10-11-8-6-5-7-9-11/h5-9H,3-4,10,13H2,1-2H3. The number of nitrogens with two attached hydrogens (primary N) is 1. The van der Waals surface area contributed by atoms with Gasteiger partial charge in [0.15, 0.2) is 0 Å². The summed E-state index contributed by atoms with van der Waals surface area (Å²) < 4.78 is 0. The Balaban J connectivity index is 2.68. The van der Waals surface area contributed by atoms with E-state index in [0.717, 1.165) is 19.3 Å².